The molecular weight excluding hydrogens is 286 g/mol. The Balaban J connectivity index is 2.31. The Morgan fingerprint density at radius 3 is 2.30 bits per heavy atom. The van der Waals surface area contributed by atoms with Gasteiger partial charge in [0, 0.05) is 5.56 Å². The van der Waals surface area contributed by atoms with Crippen molar-refractivity contribution >= 4 is 32.9 Å². The molecule has 8 nitrogen and oxygen atoms in total. The van der Waals surface area contributed by atoms with Crippen LogP contribution in [0.4, 0.5) is 15.7 Å². The smallest absolute Gasteiger partial charge is 0.308 e. The quantitative estimate of drug-likeness (QED) is 0.687. The molecule has 20 heavy (non-hydrogen) atoms. The van der Waals surface area contributed by atoms with Crippen LogP contribution in [0.5, 0.6) is 0 Å². The van der Waals surface area contributed by atoms with Crippen molar-refractivity contribution in [3.05, 3.63) is 62.2 Å². The lowest BCUT2D eigenvalue weighted by molar-refractivity contribution is -0.389. The molecule has 1 amide bonds. The van der Waals surface area contributed by atoms with E-state index in [1.807, 2.05) is 0 Å². The zero-order valence-corrected chi connectivity index (χ0v) is 10.6. The molecule has 1 aromatic heterocycles. The second-order valence-corrected chi connectivity index (χ2v) is 4.66. The highest BCUT2D eigenvalue weighted by Gasteiger charge is 2.26. The van der Waals surface area contributed by atoms with Gasteiger partial charge in [-0.1, -0.05) is 18.2 Å². The number of nitrogens with zero attached hydrogens (tertiary/aromatic N) is 2. The normalized spacial score (nSPS) is 10.0. The maximum absolute atomic E-state index is 11.9. The topological polar surface area (TPSA) is 115 Å². The zero-order valence-electron chi connectivity index (χ0n) is 9.81. The van der Waals surface area contributed by atoms with Gasteiger partial charge in [0.25, 0.3) is 5.91 Å². The van der Waals surface area contributed by atoms with E-state index in [4.69, 9.17) is 0 Å². The largest absolute Gasteiger partial charge is 0.333 e. The third kappa shape index (κ3) is 2.78. The number of hydrogen-bond acceptors (Lipinski definition) is 6. The molecule has 2 aromatic rings. The number of nitro groups is 2. The third-order valence-electron chi connectivity index (χ3n) is 2.34. The van der Waals surface area contributed by atoms with E-state index in [0.29, 0.717) is 16.9 Å². The molecule has 0 unspecified atom stereocenters. The zero-order chi connectivity index (χ0) is 14.7. The third-order valence-corrected chi connectivity index (χ3v) is 3.33. The first-order chi connectivity index (χ1) is 9.49. The molecule has 0 saturated carbocycles. The maximum Gasteiger partial charge on any atom is 0.333 e. The molecule has 0 atom stereocenters. The lowest BCUT2D eigenvalue weighted by atomic mass is 10.2. The summed E-state index contributed by atoms with van der Waals surface area (Å²) in [6.07, 6.45) is 0. The Morgan fingerprint density at radius 1 is 1.10 bits per heavy atom. The number of thiophene rings is 1. The van der Waals surface area contributed by atoms with Crippen molar-refractivity contribution in [2.75, 3.05) is 5.32 Å². The molecule has 9 heteroatoms. The minimum atomic E-state index is -0.774. The molecule has 1 N–H and O–H groups in total. The molecule has 0 aliphatic heterocycles. The van der Waals surface area contributed by atoms with Crippen LogP contribution < -0.4 is 5.32 Å². The summed E-state index contributed by atoms with van der Waals surface area (Å²) in [5.74, 6) is -0.564. The summed E-state index contributed by atoms with van der Waals surface area (Å²) >= 11 is 0.546. The molecule has 0 spiro atoms. The number of amides is 1. The summed E-state index contributed by atoms with van der Waals surface area (Å²) < 4.78 is 0. The van der Waals surface area contributed by atoms with Gasteiger partial charge >= 0.3 is 10.7 Å². The monoisotopic (exact) mass is 293 g/mol. The predicted octanol–water partition coefficient (Wildman–Crippen LogP) is 2.82. The highest BCUT2D eigenvalue weighted by atomic mass is 32.1. The summed E-state index contributed by atoms with van der Waals surface area (Å²) in [4.78, 5) is 31.8. The van der Waals surface area contributed by atoms with Crippen molar-refractivity contribution in [2.45, 2.75) is 0 Å². The first kappa shape index (κ1) is 13.6. The number of rotatable bonds is 4. The molecule has 0 saturated heterocycles. The van der Waals surface area contributed by atoms with Gasteiger partial charge in [0.05, 0.1) is 9.85 Å². The van der Waals surface area contributed by atoms with Crippen LogP contribution in [0.1, 0.15) is 10.4 Å². The van der Waals surface area contributed by atoms with Gasteiger partial charge in [-0.05, 0) is 23.5 Å². The first-order valence-corrected chi connectivity index (χ1v) is 6.09. The lowest BCUT2D eigenvalue weighted by Gasteiger charge is -2.01. The fourth-order valence-electron chi connectivity index (χ4n) is 1.45. The van der Waals surface area contributed by atoms with Crippen molar-refractivity contribution in [3.63, 3.8) is 0 Å². The van der Waals surface area contributed by atoms with Gasteiger partial charge < -0.3 is 5.32 Å². The van der Waals surface area contributed by atoms with Gasteiger partial charge in [0.15, 0.2) is 5.00 Å². The van der Waals surface area contributed by atoms with Gasteiger partial charge in [-0.2, -0.15) is 0 Å². The molecular formula is C11H7N3O5S. The second-order valence-electron chi connectivity index (χ2n) is 3.63. The number of carbonyl (C=O) groups is 1. The van der Waals surface area contributed by atoms with Gasteiger partial charge in [-0.3, -0.25) is 25.0 Å². The maximum atomic E-state index is 11.9. The first-order valence-electron chi connectivity index (χ1n) is 5.28. The number of nitrogens with one attached hydrogen (secondary N) is 1. The van der Waals surface area contributed by atoms with Gasteiger partial charge in [-0.25, -0.2) is 0 Å². The molecule has 1 heterocycles. The van der Waals surface area contributed by atoms with E-state index in [2.05, 4.69) is 5.32 Å². The molecule has 0 aliphatic rings. The van der Waals surface area contributed by atoms with Crippen molar-refractivity contribution in [1.29, 1.82) is 0 Å². The van der Waals surface area contributed by atoms with Crippen LogP contribution in [0.2, 0.25) is 0 Å². The number of hydrogen-bond donors (Lipinski definition) is 1. The molecule has 0 aliphatic carbocycles. The average molecular weight is 293 g/mol. The molecule has 1 aromatic carbocycles. The van der Waals surface area contributed by atoms with Crippen molar-refractivity contribution in [2.24, 2.45) is 0 Å². The minimum absolute atomic E-state index is 0.157. The Bertz CT molecular complexity index is 683. The summed E-state index contributed by atoms with van der Waals surface area (Å²) in [5.41, 5.74) is -0.191. The van der Waals surface area contributed by atoms with Crippen LogP contribution in [-0.4, -0.2) is 15.8 Å². The van der Waals surface area contributed by atoms with Crippen LogP contribution in [0.25, 0.3) is 0 Å². The fourth-order valence-corrected chi connectivity index (χ4v) is 2.28. The molecule has 0 radical (unpaired) electrons. The van der Waals surface area contributed by atoms with Crippen LogP contribution in [0.3, 0.4) is 0 Å². The highest BCUT2D eigenvalue weighted by molar-refractivity contribution is 7.20. The fraction of sp³-hybridized carbons (Fsp3) is 0. The number of anilines is 1. The summed E-state index contributed by atoms with van der Waals surface area (Å²) in [6, 6.07) is 8.88. The van der Waals surface area contributed by atoms with Crippen molar-refractivity contribution < 1.29 is 14.6 Å². The van der Waals surface area contributed by atoms with Crippen LogP contribution >= 0.6 is 11.3 Å². The van der Waals surface area contributed by atoms with E-state index < -0.39 is 26.4 Å². The molecule has 0 bridgehead atoms. The van der Waals surface area contributed by atoms with Crippen molar-refractivity contribution in [3.8, 4) is 0 Å². The SMILES string of the molecule is O=C(Nc1sc([N+](=O)[O-])cc1[N+](=O)[O-])c1ccccc1. The summed E-state index contributed by atoms with van der Waals surface area (Å²) in [6.45, 7) is 0. The predicted molar refractivity (Wildman–Crippen MR) is 72.0 cm³/mol. The van der Waals surface area contributed by atoms with E-state index in [-0.39, 0.29) is 5.00 Å². The Hall–Kier alpha value is -2.81. The summed E-state index contributed by atoms with van der Waals surface area (Å²) in [5, 5.41) is 23.2. The lowest BCUT2D eigenvalue weighted by Crippen LogP contribution is -2.11. The van der Waals surface area contributed by atoms with E-state index in [0.717, 1.165) is 6.07 Å². The van der Waals surface area contributed by atoms with E-state index in [1.54, 1.807) is 18.2 Å². The standard InChI is InChI=1S/C11H7N3O5S/c15-10(7-4-2-1-3-5-7)12-11-8(13(16)17)6-9(20-11)14(18)19/h1-6H,(H,12,15). The number of carbonyl (C=O) groups excluding carboxylic acids is 1. The van der Waals surface area contributed by atoms with Crippen molar-refractivity contribution in [1.82, 2.24) is 0 Å². The Labute approximate surface area is 116 Å². The van der Waals surface area contributed by atoms with Gasteiger partial charge in [-0.15, -0.1) is 0 Å². The van der Waals surface area contributed by atoms with E-state index in [9.17, 15) is 25.0 Å². The molecule has 0 fully saturated rings. The van der Waals surface area contributed by atoms with E-state index >= 15 is 0 Å². The summed E-state index contributed by atoms with van der Waals surface area (Å²) in [7, 11) is 0. The van der Waals surface area contributed by atoms with Crippen LogP contribution in [0, 0.1) is 20.2 Å². The second kappa shape index (κ2) is 5.45. The van der Waals surface area contributed by atoms with Gasteiger partial charge in [0.1, 0.15) is 6.07 Å². The minimum Gasteiger partial charge on any atom is -0.308 e. The average Bonchev–Trinajstić information content (AvgIpc) is 2.84. The van der Waals surface area contributed by atoms with Crippen LogP contribution in [-0.2, 0) is 0 Å². The molecule has 102 valence electrons. The Kier molecular flexibility index (Phi) is 3.71. The molecule has 2 rings (SSSR count). The van der Waals surface area contributed by atoms with Crippen LogP contribution in [0.15, 0.2) is 36.4 Å². The highest BCUT2D eigenvalue weighted by Crippen LogP contribution is 2.39. The van der Waals surface area contributed by atoms with E-state index in [1.165, 1.54) is 12.1 Å². The number of benzene rings is 1. The van der Waals surface area contributed by atoms with Gasteiger partial charge in [0.2, 0.25) is 0 Å². The Morgan fingerprint density at radius 2 is 1.75 bits per heavy atom.